The van der Waals surface area contributed by atoms with Crippen molar-refractivity contribution in [3.05, 3.63) is 23.3 Å². The number of hydrogen-bond acceptors (Lipinski definition) is 6. The van der Waals surface area contributed by atoms with E-state index in [4.69, 9.17) is 4.74 Å². The number of aryl methyl sites for hydroxylation is 2. The highest BCUT2D eigenvalue weighted by Gasteiger charge is 2.20. The third kappa shape index (κ3) is 3.15. The number of ether oxygens (including phenoxy) is 1. The lowest BCUT2D eigenvalue weighted by atomic mass is 10.1. The van der Waals surface area contributed by atoms with Crippen LogP contribution in [0.4, 0.5) is 0 Å². The Labute approximate surface area is 133 Å². The third-order valence-corrected chi connectivity index (χ3v) is 4.13. The molecule has 1 amide bonds. The first kappa shape index (κ1) is 15.4. The van der Waals surface area contributed by atoms with Crippen LogP contribution in [0.5, 0.6) is 0 Å². The maximum Gasteiger partial charge on any atom is 0.310 e. The maximum atomic E-state index is 12.0. The van der Waals surface area contributed by atoms with Gasteiger partial charge in [-0.05, 0) is 26.7 Å². The highest BCUT2D eigenvalue weighted by Crippen LogP contribution is 2.14. The summed E-state index contributed by atoms with van der Waals surface area (Å²) >= 11 is 0. The molecule has 3 rings (SSSR count). The van der Waals surface area contributed by atoms with Gasteiger partial charge < -0.3 is 9.64 Å². The second-order valence-corrected chi connectivity index (χ2v) is 5.66. The van der Waals surface area contributed by atoms with E-state index in [9.17, 15) is 9.59 Å². The van der Waals surface area contributed by atoms with Crippen molar-refractivity contribution in [1.82, 2.24) is 24.5 Å². The lowest BCUT2D eigenvalue weighted by Crippen LogP contribution is -2.32. The molecule has 0 aliphatic carbocycles. The zero-order valence-electron chi connectivity index (χ0n) is 13.3. The first-order valence-electron chi connectivity index (χ1n) is 7.65. The molecule has 0 saturated carbocycles. The second-order valence-electron chi connectivity index (χ2n) is 5.66. The topological polar surface area (TPSA) is 89.7 Å². The van der Waals surface area contributed by atoms with Crippen LogP contribution in [0.25, 0.3) is 5.78 Å². The van der Waals surface area contributed by atoms with Crippen molar-refractivity contribution in [3.8, 4) is 0 Å². The Bertz CT molecular complexity index is 749. The Hall–Kier alpha value is -2.51. The van der Waals surface area contributed by atoms with E-state index in [-0.39, 0.29) is 18.9 Å². The number of nitrogens with zero attached hydrogens (tertiary/aromatic N) is 5. The summed E-state index contributed by atoms with van der Waals surface area (Å²) in [7, 11) is 0. The highest BCUT2D eigenvalue weighted by molar-refractivity contribution is 5.81. The Morgan fingerprint density at radius 2 is 2.00 bits per heavy atom. The van der Waals surface area contributed by atoms with E-state index in [0.29, 0.717) is 11.5 Å². The van der Waals surface area contributed by atoms with Gasteiger partial charge >= 0.3 is 5.97 Å². The van der Waals surface area contributed by atoms with Gasteiger partial charge in [0, 0.05) is 30.0 Å². The van der Waals surface area contributed by atoms with Gasteiger partial charge in [-0.25, -0.2) is 9.50 Å². The van der Waals surface area contributed by atoms with Crippen LogP contribution < -0.4 is 0 Å². The van der Waals surface area contributed by atoms with Crippen LogP contribution in [0.3, 0.4) is 0 Å². The minimum absolute atomic E-state index is 0.0632. The van der Waals surface area contributed by atoms with E-state index in [1.165, 1.54) is 6.33 Å². The predicted molar refractivity (Wildman–Crippen MR) is 80.7 cm³/mol. The Balaban J connectivity index is 1.64. The fraction of sp³-hybridized carbons (Fsp3) is 0.533. The van der Waals surface area contributed by atoms with Crippen molar-refractivity contribution in [2.24, 2.45) is 0 Å². The highest BCUT2D eigenvalue weighted by atomic mass is 16.5. The largest absolute Gasteiger partial charge is 0.455 e. The van der Waals surface area contributed by atoms with Crippen LogP contribution >= 0.6 is 0 Å². The van der Waals surface area contributed by atoms with Gasteiger partial charge in [0.05, 0.1) is 6.42 Å². The first-order chi connectivity index (χ1) is 11.1. The van der Waals surface area contributed by atoms with Crippen molar-refractivity contribution in [2.75, 3.05) is 19.7 Å². The molecule has 0 radical (unpaired) electrons. The molecule has 8 heteroatoms. The molecule has 2 aromatic rings. The van der Waals surface area contributed by atoms with E-state index in [1.54, 1.807) is 9.42 Å². The lowest BCUT2D eigenvalue weighted by molar-refractivity contribution is -0.151. The number of carbonyl (C=O) groups is 2. The van der Waals surface area contributed by atoms with Gasteiger partial charge in [-0.15, -0.1) is 0 Å². The van der Waals surface area contributed by atoms with Gasteiger partial charge in [-0.2, -0.15) is 10.1 Å². The summed E-state index contributed by atoms with van der Waals surface area (Å²) in [5.41, 5.74) is 2.26. The van der Waals surface area contributed by atoms with Gasteiger partial charge in [-0.3, -0.25) is 9.59 Å². The molecule has 0 N–H and O–H groups in total. The van der Waals surface area contributed by atoms with Gasteiger partial charge in [0.1, 0.15) is 6.33 Å². The van der Waals surface area contributed by atoms with Crippen LogP contribution in [-0.2, 0) is 20.7 Å². The molecule has 122 valence electrons. The summed E-state index contributed by atoms with van der Waals surface area (Å²) in [5.74, 6) is -0.0690. The number of fused-ring (bicyclic) bond motifs is 1. The van der Waals surface area contributed by atoms with Crippen molar-refractivity contribution in [2.45, 2.75) is 33.1 Å². The fourth-order valence-corrected chi connectivity index (χ4v) is 2.81. The molecule has 1 aliphatic rings. The number of likely N-dealkylation sites (tertiary alicyclic amines) is 1. The molecule has 0 atom stereocenters. The van der Waals surface area contributed by atoms with Crippen LogP contribution in [0.2, 0.25) is 0 Å². The molecule has 1 fully saturated rings. The lowest BCUT2D eigenvalue weighted by Gasteiger charge is -2.15. The fourth-order valence-electron chi connectivity index (χ4n) is 2.81. The second kappa shape index (κ2) is 6.31. The molecule has 0 bridgehead atoms. The molecule has 0 unspecified atom stereocenters. The number of amides is 1. The molecule has 8 nitrogen and oxygen atoms in total. The third-order valence-electron chi connectivity index (χ3n) is 4.13. The Kier molecular flexibility index (Phi) is 4.22. The number of aromatic nitrogens is 4. The van der Waals surface area contributed by atoms with Crippen LogP contribution in [0, 0.1) is 13.8 Å². The van der Waals surface area contributed by atoms with Crippen molar-refractivity contribution < 1.29 is 14.3 Å². The van der Waals surface area contributed by atoms with Crippen LogP contribution in [-0.4, -0.2) is 56.1 Å². The SMILES string of the molecule is Cc1nc2ncnn2c(C)c1CC(=O)OCC(=O)N1CCCC1. The molecule has 1 saturated heterocycles. The van der Waals surface area contributed by atoms with Crippen LogP contribution in [0.1, 0.15) is 29.8 Å². The molecular formula is C15H19N5O3. The Morgan fingerprint density at radius 3 is 2.74 bits per heavy atom. The zero-order chi connectivity index (χ0) is 16.4. The summed E-state index contributed by atoms with van der Waals surface area (Å²) in [6, 6.07) is 0. The van der Waals surface area contributed by atoms with E-state index in [1.807, 2.05) is 13.8 Å². The molecule has 2 aromatic heterocycles. The van der Waals surface area contributed by atoms with E-state index in [0.717, 1.165) is 37.2 Å². The quantitative estimate of drug-likeness (QED) is 0.761. The summed E-state index contributed by atoms with van der Waals surface area (Å²) in [6.45, 7) is 4.98. The number of carbonyl (C=O) groups excluding carboxylic acids is 2. The maximum absolute atomic E-state index is 12.0. The van der Waals surface area contributed by atoms with E-state index < -0.39 is 5.97 Å². The molecule has 23 heavy (non-hydrogen) atoms. The number of rotatable bonds is 4. The zero-order valence-corrected chi connectivity index (χ0v) is 13.3. The standard InChI is InChI=1S/C15H19N5O3/c1-10-12(11(2)20-15(18-10)16-9-17-20)7-14(22)23-8-13(21)19-5-3-4-6-19/h9H,3-8H2,1-2H3. The first-order valence-corrected chi connectivity index (χ1v) is 7.65. The average molecular weight is 317 g/mol. The van der Waals surface area contributed by atoms with E-state index in [2.05, 4.69) is 15.1 Å². The summed E-state index contributed by atoms with van der Waals surface area (Å²) < 4.78 is 6.71. The smallest absolute Gasteiger partial charge is 0.310 e. The predicted octanol–water partition coefficient (Wildman–Crippen LogP) is 0.449. The molecular weight excluding hydrogens is 298 g/mol. The summed E-state index contributed by atoms with van der Waals surface area (Å²) in [6.07, 6.45) is 3.52. The molecule has 0 spiro atoms. The summed E-state index contributed by atoms with van der Waals surface area (Å²) in [4.78, 5) is 34.0. The van der Waals surface area contributed by atoms with E-state index >= 15 is 0 Å². The van der Waals surface area contributed by atoms with Crippen molar-refractivity contribution >= 4 is 17.7 Å². The molecule has 1 aliphatic heterocycles. The molecule has 3 heterocycles. The average Bonchev–Trinajstić information content (AvgIpc) is 3.20. The monoisotopic (exact) mass is 317 g/mol. The molecule has 0 aromatic carbocycles. The minimum atomic E-state index is -0.440. The summed E-state index contributed by atoms with van der Waals surface area (Å²) in [5, 5.41) is 4.08. The van der Waals surface area contributed by atoms with Crippen molar-refractivity contribution in [3.63, 3.8) is 0 Å². The number of esters is 1. The van der Waals surface area contributed by atoms with Crippen molar-refractivity contribution in [1.29, 1.82) is 0 Å². The van der Waals surface area contributed by atoms with Gasteiger partial charge in [0.15, 0.2) is 6.61 Å². The van der Waals surface area contributed by atoms with Gasteiger partial charge in [0.2, 0.25) is 0 Å². The number of hydrogen-bond donors (Lipinski definition) is 0. The normalized spacial score (nSPS) is 14.4. The van der Waals surface area contributed by atoms with Crippen LogP contribution in [0.15, 0.2) is 6.33 Å². The van der Waals surface area contributed by atoms with Gasteiger partial charge in [-0.1, -0.05) is 0 Å². The van der Waals surface area contributed by atoms with Gasteiger partial charge in [0.25, 0.3) is 11.7 Å². The minimum Gasteiger partial charge on any atom is -0.455 e. The Morgan fingerprint density at radius 1 is 1.26 bits per heavy atom.